The molecule has 0 fully saturated rings. The molecule has 0 radical (unpaired) electrons. The second-order valence-corrected chi connectivity index (χ2v) is 9.57. The molecule has 0 N–H and O–H groups in total. The van der Waals surface area contributed by atoms with E-state index in [4.69, 9.17) is 4.74 Å². The standard InChI is InChI=1S/C25H36N2O3/c1-7-24(28)22-12-8-21(9-13-22)19-27(5,6)16-17-30-25(29)23-14-10-20(11-15-23)18-26(2,3)4/h8-15H,7,16-19H2,1-6H3/q+2. The van der Waals surface area contributed by atoms with Crippen LogP contribution >= 0.6 is 0 Å². The SMILES string of the molecule is CCC(=O)c1ccc(C[N+](C)(C)CCOC(=O)c2ccc(C[N+](C)(C)C)cc2)cc1. The zero-order chi connectivity index (χ0) is 22.4. The van der Waals surface area contributed by atoms with Crippen molar-refractivity contribution in [2.45, 2.75) is 26.4 Å². The monoisotopic (exact) mass is 412 g/mol. The molecule has 5 heteroatoms. The first-order valence-electron chi connectivity index (χ1n) is 10.5. The summed E-state index contributed by atoms with van der Waals surface area (Å²) in [6.07, 6.45) is 0.519. The first kappa shape index (κ1) is 23.8. The molecule has 0 heterocycles. The number of carbonyl (C=O) groups excluding carboxylic acids is 2. The number of carbonyl (C=O) groups is 2. The maximum absolute atomic E-state index is 12.4. The van der Waals surface area contributed by atoms with Crippen molar-refractivity contribution < 1.29 is 23.3 Å². The number of rotatable bonds is 10. The molecule has 30 heavy (non-hydrogen) atoms. The lowest BCUT2D eigenvalue weighted by Gasteiger charge is -2.29. The van der Waals surface area contributed by atoms with Gasteiger partial charge < -0.3 is 13.7 Å². The Bertz CT molecular complexity index is 847. The molecule has 0 aliphatic carbocycles. The van der Waals surface area contributed by atoms with Gasteiger partial charge in [0.05, 0.1) is 40.8 Å². The summed E-state index contributed by atoms with van der Waals surface area (Å²) in [5, 5.41) is 0. The van der Waals surface area contributed by atoms with Gasteiger partial charge >= 0.3 is 5.97 Å². The second kappa shape index (κ2) is 10.0. The Morgan fingerprint density at radius 1 is 0.767 bits per heavy atom. The lowest BCUT2D eigenvalue weighted by molar-refractivity contribution is -0.903. The van der Waals surface area contributed by atoms with E-state index in [0.717, 1.165) is 28.7 Å². The lowest BCUT2D eigenvalue weighted by atomic mass is 10.1. The van der Waals surface area contributed by atoms with Crippen LogP contribution in [-0.2, 0) is 17.8 Å². The van der Waals surface area contributed by atoms with E-state index >= 15 is 0 Å². The Labute approximate surface area is 181 Å². The summed E-state index contributed by atoms with van der Waals surface area (Å²) < 4.78 is 7.04. The van der Waals surface area contributed by atoms with Gasteiger partial charge in [-0.25, -0.2) is 4.79 Å². The quantitative estimate of drug-likeness (QED) is 0.337. The fraction of sp³-hybridized carbons (Fsp3) is 0.440. The van der Waals surface area contributed by atoms with Crippen molar-refractivity contribution in [3.63, 3.8) is 0 Å². The van der Waals surface area contributed by atoms with Crippen LogP contribution in [0.5, 0.6) is 0 Å². The number of benzene rings is 2. The van der Waals surface area contributed by atoms with Crippen LogP contribution < -0.4 is 0 Å². The zero-order valence-electron chi connectivity index (χ0n) is 19.3. The molecule has 0 aliphatic rings. The van der Waals surface area contributed by atoms with Crippen molar-refractivity contribution in [2.75, 3.05) is 48.4 Å². The number of nitrogens with zero attached hydrogens (tertiary/aromatic N) is 2. The molecule has 0 unspecified atom stereocenters. The highest BCUT2D eigenvalue weighted by atomic mass is 16.5. The molecular weight excluding hydrogens is 376 g/mol. The van der Waals surface area contributed by atoms with Crippen molar-refractivity contribution in [3.8, 4) is 0 Å². The molecule has 0 amide bonds. The number of hydrogen-bond acceptors (Lipinski definition) is 3. The van der Waals surface area contributed by atoms with E-state index in [1.807, 2.05) is 55.5 Å². The van der Waals surface area contributed by atoms with Gasteiger partial charge in [0, 0.05) is 23.1 Å². The van der Waals surface area contributed by atoms with Crippen molar-refractivity contribution in [3.05, 3.63) is 70.8 Å². The van der Waals surface area contributed by atoms with E-state index < -0.39 is 0 Å². The fourth-order valence-corrected chi connectivity index (χ4v) is 3.34. The van der Waals surface area contributed by atoms with Gasteiger partial charge in [0.2, 0.25) is 0 Å². The Kier molecular flexibility index (Phi) is 7.93. The Balaban J connectivity index is 1.84. The zero-order valence-corrected chi connectivity index (χ0v) is 19.3. The smallest absolute Gasteiger partial charge is 0.338 e. The number of ether oxygens (including phenoxy) is 1. The largest absolute Gasteiger partial charge is 0.456 e. The van der Waals surface area contributed by atoms with Crippen LogP contribution in [0.3, 0.4) is 0 Å². The van der Waals surface area contributed by atoms with Crippen LogP contribution in [0.2, 0.25) is 0 Å². The molecule has 2 aromatic rings. The van der Waals surface area contributed by atoms with Crippen molar-refractivity contribution in [1.29, 1.82) is 0 Å². The summed E-state index contributed by atoms with van der Waals surface area (Å²) in [5.74, 6) is -0.123. The highest BCUT2D eigenvalue weighted by Crippen LogP contribution is 2.13. The third-order valence-corrected chi connectivity index (χ3v) is 4.98. The Hall–Kier alpha value is -2.50. The summed E-state index contributed by atoms with van der Waals surface area (Å²) >= 11 is 0. The van der Waals surface area contributed by atoms with Crippen LogP contribution in [0.15, 0.2) is 48.5 Å². The third-order valence-electron chi connectivity index (χ3n) is 4.98. The average molecular weight is 413 g/mol. The molecule has 0 spiro atoms. The topological polar surface area (TPSA) is 43.4 Å². The maximum Gasteiger partial charge on any atom is 0.338 e. The van der Waals surface area contributed by atoms with Gasteiger partial charge in [-0.2, -0.15) is 0 Å². The maximum atomic E-state index is 12.4. The van der Waals surface area contributed by atoms with Crippen LogP contribution in [0.25, 0.3) is 0 Å². The summed E-state index contributed by atoms with van der Waals surface area (Å²) in [6.45, 7) is 4.66. The van der Waals surface area contributed by atoms with E-state index in [9.17, 15) is 9.59 Å². The predicted molar refractivity (Wildman–Crippen MR) is 120 cm³/mol. The van der Waals surface area contributed by atoms with E-state index in [1.54, 1.807) is 0 Å². The molecule has 2 rings (SSSR count). The van der Waals surface area contributed by atoms with E-state index in [0.29, 0.717) is 29.6 Å². The van der Waals surface area contributed by atoms with Gasteiger partial charge in [0.15, 0.2) is 5.78 Å². The molecule has 0 aromatic heterocycles. The van der Waals surface area contributed by atoms with Gasteiger partial charge in [-0.1, -0.05) is 43.3 Å². The number of esters is 1. The first-order valence-corrected chi connectivity index (χ1v) is 10.5. The molecule has 0 atom stereocenters. The van der Waals surface area contributed by atoms with Crippen LogP contribution in [0.1, 0.15) is 45.2 Å². The molecule has 0 aliphatic heterocycles. The van der Waals surface area contributed by atoms with Crippen molar-refractivity contribution in [1.82, 2.24) is 0 Å². The number of ketones is 1. The average Bonchev–Trinajstić information content (AvgIpc) is 2.66. The number of likely N-dealkylation sites (N-methyl/N-ethyl adjacent to an activating group) is 1. The van der Waals surface area contributed by atoms with Crippen LogP contribution in [-0.4, -0.2) is 69.1 Å². The molecule has 2 aromatic carbocycles. The van der Waals surface area contributed by atoms with Gasteiger partial charge in [0.1, 0.15) is 26.2 Å². The summed E-state index contributed by atoms with van der Waals surface area (Å²) in [5.41, 5.74) is 3.70. The highest BCUT2D eigenvalue weighted by Gasteiger charge is 2.18. The van der Waals surface area contributed by atoms with Gasteiger partial charge in [0.25, 0.3) is 0 Å². The molecular formula is C25H36N2O3+2. The number of hydrogen-bond donors (Lipinski definition) is 0. The minimum Gasteiger partial charge on any atom is -0.456 e. The molecule has 0 saturated carbocycles. The normalized spacial score (nSPS) is 11.9. The minimum atomic E-state index is -0.283. The predicted octanol–water partition coefficient (Wildman–Crippen LogP) is 3.92. The number of quaternary nitrogens is 2. The van der Waals surface area contributed by atoms with Gasteiger partial charge in [-0.05, 0) is 12.1 Å². The first-order chi connectivity index (χ1) is 14.0. The van der Waals surface area contributed by atoms with Crippen LogP contribution in [0, 0.1) is 0 Å². The minimum absolute atomic E-state index is 0.160. The van der Waals surface area contributed by atoms with Crippen molar-refractivity contribution in [2.24, 2.45) is 0 Å². The highest BCUT2D eigenvalue weighted by molar-refractivity contribution is 5.95. The van der Waals surface area contributed by atoms with Gasteiger partial charge in [-0.15, -0.1) is 0 Å². The summed E-state index contributed by atoms with van der Waals surface area (Å²) in [6, 6.07) is 15.5. The van der Waals surface area contributed by atoms with Crippen LogP contribution in [0.4, 0.5) is 0 Å². The second-order valence-electron chi connectivity index (χ2n) is 9.57. The Morgan fingerprint density at radius 3 is 1.77 bits per heavy atom. The van der Waals surface area contributed by atoms with E-state index in [2.05, 4.69) is 35.2 Å². The summed E-state index contributed by atoms with van der Waals surface area (Å²) in [4.78, 5) is 24.1. The summed E-state index contributed by atoms with van der Waals surface area (Å²) in [7, 11) is 10.6. The molecule has 5 nitrogen and oxygen atoms in total. The molecule has 162 valence electrons. The number of Topliss-reactive ketones (excluding diaryl/α,β-unsaturated/α-hetero) is 1. The van der Waals surface area contributed by atoms with Crippen molar-refractivity contribution >= 4 is 11.8 Å². The molecule has 0 bridgehead atoms. The van der Waals surface area contributed by atoms with E-state index in [-0.39, 0.29) is 11.8 Å². The molecule has 0 saturated heterocycles. The third kappa shape index (κ3) is 7.73. The lowest BCUT2D eigenvalue weighted by Crippen LogP contribution is -2.41. The fourth-order valence-electron chi connectivity index (χ4n) is 3.34. The Morgan fingerprint density at radius 2 is 1.27 bits per heavy atom. The van der Waals surface area contributed by atoms with Gasteiger partial charge in [-0.3, -0.25) is 4.79 Å². The van der Waals surface area contributed by atoms with E-state index in [1.165, 1.54) is 5.56 Å².